The summed E-state index contributed by atoms with van der Waals surface area (Å²) < 4.78 is 11.6. The molecule has 3 aromatic rings. The van der Waals surface area contributed by atoms with Crippen LogP contribution < -0.4 is 9.47 Å². The fraction of sp³-hybridized carbons (Fsp3) is 0.345. The van der Waals surface area contributed by atoms with Gasteiger partial charge in [-0.05, 0) is 35.6 Å². The molecule has 4 rings (SSSR count). The fourth-order valence-corrected chi connectivity index (χ4v) is 4.87. The molecule has 1 saturated heterocycles. The number of rotatable bonds is 9. The van der Waals surface area contributed by atoms with Gasteiger partial charge in [0.15, 0.2) is 0 Å². The van der Waals surface area contributed by atoms with Crippen LogP contribution in [0, 0.1) is 17.2 Å². The van der Waals surface area contributed by atoms with Crippen molar-refractivity contribution in [2.75, 3.05) is 20.2 Å². The van der Waals surface area contributed by atoms with Crippen molar-refractivity contribution in [2.24, 2.45) is 5.92 Å². The van der Waals surface area contributed by atoms with Crippen molar-refractivity contribution in [1.29, 1.82) is 5.26 Å². The maximum Gasteiger partial charge on any atom is 0.124 e. The van der Waals surface area contributed by atoms with Crippen LogP contribution >= 0.6 is 0 Å². The Morgan fingerprint density at radius 1 is 0.909 bits per heavy atom. The van der Waals surface area contributed by atoms with E-state index in [2.05, 4.69) is 49.1 Å². The molecule has 1 fully saturated rings. The molecule has 1 atom stereocenters. The van der Waals surface area contributed by atoms with Gasteiger partial charge < -0.3 is 9.47 Å². The van der Waals surface area contributed by atoms with E-state index in [-0.39, 0.29) is 12.1 Å². The minimum absolute atomic E-state index is 0.0393. The lowest BCUT2D eigenvalue weighted by Gasteiger charge is -2.50. The molecule has 1 unspecified atom stereocenters. The van der Waals surface area contributed by atoms with Crippen molar-refractivity contribution in [3.05, 3.63) is 96.1 Å². The van der Waals surface area contributed by atoms with Gasteiger partial charge in [0.25, 0.3) is 0 Å². The Morgan fingerprint density at radius 3 is 2.00 bits per heavy atom. The summed E-state index contributed by atoms with van der Waals surface area (Å²) in [5.41, 5.74) is 1.33. The summed E-state index contributed by atoms with van der Waals surface area (Å²) in [7, 11) is 1.66. The number of methoxy groups -OCH3 is 1. The number of benzene rings is 3. The number of nitriles is 1. The number of hydrogen-bond donors (Lipinski definition) is 0. The summed E-state index contributed by atoms with van der Waals surface area (Å²) >= 11 is 0. The Bertz CT molecular complexity index is 1030. The van der Waals surface area contributed by atoms with Crippen molar-refractivity contribution >= 4 is 0 Å². The first kappa shape index (κ1) is 22.9. The predicted octanol–water partition coefficient (Wildman–Crippen LogP) is 5.68. The molecule has 0 aliphatic carbocycles. The molecular weight excluding hydrogens is 408 g/mol. The molecule has 0 N–H and O–H groups in total. The highest BCUT2D eigenvalue weighted by Gasteiger charge is 2.49. The second kappa shape index (κ2) is 10.1. The number of ether oxygens (including phenoxy) is 2. The molecule has 0 saturated carbocycles. The zero-order valence-electron chi connectivity index (χ0n) is 19.6. The molecule has 1 aliphatic rings. The van der Waals surface area contributed by atoms with Crippen LogP contribution in [-0.2, 0) is 5.41 Å². The van der Waals surface area contributed by atoms with Crippen molar-refractivity contribution < 1.29 is 9.47 Å². The SMILES string of the molecule is COc1cccc(OC2CN(C(CC(C)C)C(C#N)(c3ccccc3)c3ccccc3)C2)c1. The molecular formula is C29H32N2O2. The van der Waals surface area contributed by atoms with Gasteiger partial charge in [-0.3, -0.25) is 4.90 Å². The minimum Gasteiger partial charge on any atom is -0.497 e. The Morgan fingerprint density at radius 2 is 1.48 bits per heavy atom. The van der Waals surface area contributed by atoms with Gasteiger partial charge in [0, 0.05) is 25.2 Å². The molecule has 170 valence electrons. The monoisotopic (exact) mass is 440 g/mol. The highest BCUT2D eigenvalue weighted by Crippen LogP contribution is 2.42. The molecule has 3 aromatic carbocycles. The summed E-state index contributed by atoms with van der Waals surface area (Å²) in [6, 6.07) is 31.1. The third-order valence-electron chi connectivity index (χ3n) is 6.49. The molecule has 4 nitrogen and oxygen atoms in total. The molecule has 0 spiro atoms. The second-order valence-electron chi connectivity index (χ2n) is 9.17. The van der Waals surface area contributed by atoms with Crippen LogP contribution in [0.3, 0.4) is 0 Å². The summed E-state index contributed by atoms with van der Waals surface area (Å²) in [6.45, 7) is 6.04. The molecule has 33 heavy (non-hydrogen) atoms. The Kier molecular flexibility index (Phi) is 7.01. The van der Waals surface area contributed by atoms with E-state index in [4.69, 9.17) is 9.47 Å². The quantitative estimate of drug-likeness (QED) is 0.429. The van der Waals surface area contributed by atoms with E-state index in [1.54, 1.807) is 7.11 Å². The largest absolute Gasteiger partial charge is 0.497 e. The fourth-order valence-electron chi connectivity index (χ4n) is 4.87. The first-order chi connectivity index (χ1) is 16.1. The van der Waals surface area contributed by atoms with Gasteiger partial charge in [-0.1, -0.05) is 80.6 Å². The van der Waals surface area contributed by atoms with E-state index >= 15 is 0 Å². The van der Waals surface area contributed by atoms with Crippen LogP contribution in [0.25, 0.3) is 0 Å². The van der Waals surface area contributed by atoms with Crippen molar-refractivity contribution in [2.45, 2.75) is 37.8 Å². The molecule has 0 bridgehead atoms. The van der Waals surface area contributed by atoms with Crippen LogP contribution in [0.5, 0.6) is 11.5 Å². The third kappa shape index (κ3) is 4.74. The zero-order valence-corrected chi connectivity index (χ0v) is 19.6. The van der Waals surface area contributed by atoms with Gasteiger partial charge in [-0.2, -0.15) is 5.26 Å². The van der Waals surface area contributed by atoms with E-state index in [9.17, 15) is 5.26 Å². The summed E-state index contributed by atoms with van der Waals surface area (Å²) in [5.74, 6) is 2.06. The van der Waals surface area contributed by atoms with Crippen LogP contribution in [-0.4, -0.2) is 37.2 Å². The molecule has 1 aliphatic heterocycles. The smallest absolute Gasteiger partial charge is 0.124 e. The van der Waals surface area contributed by atoms with E-state index in [0.717, 1.165) is 42.1 Å². The first-order valence-electron chi connectivity index (χ1n) is 11.6. The lowest BCUT2D eigenvalue weighted by Crippen LogP contribution is -2.63. The van der Waals surface area contributed by atoms with Crippen LogP contribution in [0.4, 0.5) is 0 Å². The minimum atomic E-state index is -0.756. The van der Waals surface area contributed by atoms with E-state index in [1.807, 2.05) is 60.7 Å². The van der Waals surface area contributed by atoms with Crippen molar-refractivity contribution in [3.8, 4) is 17.6 Å². The van der Waals surface area contributed by atoms with Crippen LogP contribution in [0.1, 0.15) is 31.4 Å². The lowest BCUT2D eigenvalue weighted by atomic mass is 9.67. The maximum absolute atomic E-state index is 10.8. The van der Waals surface area contributed by atoms with E-state index in [1.165, 1.54) is 0 Å². The number of nitrogens with zero attached hydrogens (tertiary/aromatic N) is 2. The summed E-state index contributed by atoms with van der Waals surface area (Å²) in [6.07, 6.45) is 1.01. The average Bonchev–Trinajstić information content (AvgIpc) is 2.83. The Balaban J connectivity index is 1.64. The van der Waals surface area contributed by atoms with Gasteiger partial charge >= 0.3 is 0 Å². The van der Waals surface area contributed by atoms with Crippen LogP contribution in [0.15, 0.2) is 84.9 Å². The molecule has 0 amide bonds. The molecule has 4 heteroatoms. The van der Waals surface area contributed by atoms with Gasteiger partial charge in [0.2, 0.25) is 0 Å². The van der Waals surface area contributed by atoms with E-state index < -0.39 is 5.41 Å². The standard InChI is InChI=1S/C29H32N2O2/c1-22(2)17-28(31-19-27(20-31)33-26-16-10-15-25(18-26)32-3)29(21-30,23-11-6-4-7-12-23)24-13-8-5-9-14-24/h4-16,18,22,27-28H,17,19-20H2,1-3H3. The maximum atomic E-state index is 10.8. The Hall–Kier alpha value is -3.29. The molecule has 0 aromatic heterocycles. The third-order valence-corrected chi connectivity index (χ3v) is 6.49. The van der Waals surface area contributed by atoms with E-state index in [0.29, 0.717) is 5.92 Å². The second-order valence-corrected chi connectivity index (χ2v) is 9.17. The van der Waals surface area contributed by atoms with Crippen molar-refractivity contribution in [1.82, 2.24) is 4.90 Å². The molecule has 1 heterocycles. The summed E-state index contributed by atoms with van der Waals surface area (Å²) in [4.78, 5) is 2.42. The Labute approximate surface area is 197 Å². The highest BCUT2D eigenvalue weighted by atomic mass is 16.5. The topological polar surface area (TPSA) is 45.5 Å². The predicted molar refractivity (Wildman–Crippen MR) is 132 cm³/mol. The van der Waals surface area contributed by atoms with Gasteiger partial charge in [0.1, 0.15) is 23.0 Å². The number of likely N-dealkylation sites (tertiary alicyclic amines) is 1. The van der Waals surface area contributed by atoms with Crippen molar-refractivity contribution in [3.63, 3.8) is 0 Å². The lowest BCUT2D eigenvalue weighted by molar-refractivity contribution is -0.0268. The number of hydrogen-bond acceptors (Lipinski definition) is 4. The first-order valence-corrected chi connectivity index (χ1v) is 11.6. The molecule has 0 radical (unpaired) electrons. The summed E-state index contributed by atoms with van der Waals surface area (Å²) in [5, 5.41) is 10.8. The zero-order chi connectivity index (χ0) is 23.3. The van der Waals surface area contributed by atoms with Gasteiger partial charge in [0.05, 0.1) is 13.2 Å². The van der Waals surface area contributed by atoms with Crippen LogP contribution in [0.2, 0.25) is 0 Å². The van der Waals surface area contributed by atoms with Gasteiger partial charge in [-0.15, -0.1) is 0 Å². The van der Waals surface area contributed by atoms with Gasteiger partial charge in [-0.25, -0.2) is 0 Å². The highest BCUT2D eigenvalue weighted by molar-refractivity contribution is 5.48. The average molecular weight is 441 g/mol. The normalized spacial score (nSPS) is 15.5.